The average molecular weight is 199 g/mol. The van der Waals surface area contributed by atoms with E-state index < -0.39 is 17.7 Å². The molecule has 3 nitrogen and oxygen atoms in total. The van der Waals surface area contributed by atoms with Gasteiger partial charge in [-0.1, -0.05) is 6.92 Å². The van der Waals surface area contributed by atoms with Gasteiger partial charge in [0.15, 0.2) is 0 Å². The number of carbonyl (C=O) groups excluding carboxylic acids is 1. The van der Waals surface area contributed by atoms with Gasteiger partial charge in [0.25, 0.3) is 0 Å². The Hall–Kier alpha value is -0.780. The first-order valence-electron chi connectivity index (χ1n) is 3.69. The highest BCUT2D eigenvalue weighted by Gasteiger charge is 2.57. The molecule has 13 heavy (non-hydrogen) atoms. The molecule has 0 saturated heterocycles. The number of methoxy groups -OCH3 is 1. The van der Waals surface area contributed by atoms with Gasteiger partial charge in [0.05, 0.1) is 7.11 Å². The van der Waals surface area contributed by atoms with Gasteiger partial charge in [0.2, 0.25) is 5.54 Å². The van der Waals surface area contributed by atoms with Crippen LogP contribution in [0, 0.1) is 0 Å². The van der Waals surface area contributed by atoms with E-state index in [-0.39, 0.29) is 6.54 Å². The molecule has 0 rings (SSSR count). The predicted molar refractivity (Wildman–Crippen MR) is 40.2 cm³/mol. The summed E-state index contributed by atoms with van der Waals surface area (Å²) in [6.07, 6.45) is -4.66. The average Bonchev–Trinajstić information content (AvgIpc) is 2.01. The SMILES string of the molecule is CCNC(C)(C(=O)OC)C(F)(F)F. The highest BCUT2D eigenvalue weighted by Crippen LogP contribution is 2.30. The number of nitrogens with one attached hydrogen (secondary N) is 1. The molecule has 0 spiro atoms. The van der Waals surface area contributed by atoms with Crippen molar-refractivity contribution in [1.29, 1.82) is 0 Å². The molecule has 0 radical (unpaired) electrons. The summed E-state index contributed by atoms with van der Waals surface area (Å²) in [7, 11) is 0.920. The minimum Gasteiger partial charge on any atom is -0.467 e. The molecule has 0 aliphatic carbocycles. The van der Waals surface area contributed by atoms with E-state index >= 15 is 0 Å². The second kappa shape index (κ2) is 3.95. The van der Waals surface area contributed by atoms with Crippen LogP contribution >= 0.6 is 0 Å². The van der Waals surface area contributed by atoms with Gasteiger partial charge >= 0.3 is 12.1 Å². The van der Waals surface area contributed by atoms with Crippen LogP contribution < -0.4 is 5.32 Å². The second-order valence-corrected chi connectivity index (χ2v) is 2.64. The molecule has 0 bridgehead atoms. The predicted octanol–water partition coefficient (Wildman–Crippen LogP) is 1.09. The largest absolute Gasteiger partial charge is 0.467 e. The highest BCUT2D eigenvalue weighted by molar-refractivity contribution is 5.81. The first-order valence-corrected chi connectivity index (χ1v) is 3.69. The van der Waals surface area contributed by atoms with Crippen LogP contribution in [0.4, 0.5) is 13.2 Å². The summed E-state index contributed by atoms with van der Waals surface area (Å²) in [6.45, 7) is 2.26. The van der Waals surface area contributed by atoms with Crippen LogP contribution in [0.1, 0.15) is 13.8 Å². The van der Waals surface area contributed by atoms with Gasteiger partial charge in [-0.2, -0.15) is 13.2 Å². The van der Waals surface area contributed by atoms with Crippen molar-refractivity contribution in [3.8, 4) is 0 Å². The Bertz CT molecular complexity index is 193. The molecular formula is C7H12F3NO2. The third-order valence-corrected chi connectivity index (χ3v) is 1.69. The van der Waals surface area contributed by atoms with Crippen molar-refractivity contribution in [3.05, 3.63) is 0 Å². The molecule has 0 saturated carbocycles. The first-order chi connectivity index (χ1) is 5.79. The lowest BCUT2D eigenvalue weighted by Gasteiger charge is -2.29. The summed E-state index contributed by atoms with van der Waals surface area (Å²) < 4.78 is 41.2. The summed E-state index contributed by atoms with van der Waals surface area (Å²) in [5.41, 5.74) is -2.61. The van der Waals surface area contributed by atoms with Gasteiger partial charge in [0, 0.05) is 0 Å². The van der Waals surface area contributed by atoms with Crippen LogP contribution in [0.5, 0.6) is 0 Å². The van der Waals surface area contributed by atoms with Gasteiger partial charge in [-0.25, -0.2) is 4.79 Å². The van der Waals surface area contributed by atoms with Crippen molar-refractivity contribution in [2.75, 3.05) is 13.7 Å². The molecule has 0 aromatic carbocycles. The van der Waals surface area contributed by atoms with Gasteiger partial charge in [0.1, 0.15) is 0 Å². The minimum atomic E-state index is -4.66. The Morgan fingerprint density at radius 3 is 2.15 bits per heavy atom. The van der Waals surface area contributed by atoms with Crippen LogP contribution in [0.2, 0.25) is 0 Å². The van der Waals surface area contributed by atoms with Gasteiger partial charge < -0.3 is 4.74 Å². The summed E-state index contributed by atoms with van der Waals surface area (Å²) in [6, 6.07) is 0. The summed E-state index contributed by atoms with van der Waals surface area (Å²) >= 11 is 0. The number of esters is 1. The molecule has 6 heteroatoms. The third-order valence-electron chi connectivity index (χ3n) is 1.69. The summed E-state index contributed by atoms with van der Waals surface area (Å²) in [5.74, 6) is -1.33. The number of hydrogen-bond acceptors (Lipinski definition) is 3. The second-order valence-electron chi connectivity index (χ2n) is 2.64. The minimum absolute atomic E-state index is 0.0328. The molecule has 0 aliphatic rings. The van der Waals surface area contributed by atoms with Crippen molar-refractivity contribution in [2.45, 2.75) is 25.6 Å². The fourth-order valence-corrected chi connectivity index (χ4v) is 0.846. The van der Waals surface area contributed by atoms with Gasteiger partial charge in [-0.15, -0.1) is 0 Å². The molecule has 0 aliphatic heterocycles. The molecule has 0 amide bonds. The maximum absolute atomic E-state index is 12.4. The van der Waals surface area contributed by atoms with Crippen LogP contribution in [0.25, 0.3) is 0 Å². The number of ether oxygens (including phenoxy) is 1. The number of alkyl halides is 3. The van der Waals surface area contributed by atoms with Crippen molar-refractivity contribution in [3.63, 3.8) is 0 Å². The van der Waals surface area contributed by atoms with Crippen molar-refractivity contribution < 1.29 is 22.7 Å². The fourth-order valence-electron chi connectivity index (χ4n) is 0.846. The topological polar surface area (TPSA) is 38.3 Å². The Morgan fingerprint density at radius 2 is 1.92 bits per heavy atom. The van der Waals surface area contributed by atoms with E-state index in [0.29, 0.717) is 0 Å². The fraction of sp³-hybridized carbons (Fsp3) is 0.857. The Labute approximate surface area is 74.3 Å². The Balaban J connectivity index is 4.83. The normalized spacial score (nSPS) is 16.5. The van der Waals surface area contributed by atoms with Gasteiger partial charge in [-0.05, 0) is 13.5 Å². The van der Waals surface area contributed by atoms with E-state index in [1.54, 1.807) is 0 Å². The molecule has 0 fully saturated rings. The molecule has 78 valence electrons. The van der Waals surface area contributed by atoms with E-state index in [2.05, 4.69) is 10.1 Å². The van der Waals surface area contributed by atoms with Crippen LogP contribution in [0.3, 0.4) is 0 Å². The first kappa shape index (κ1) is 12.2. The zero-order valence-electron chi connectivity index (χ0n) is 7.66. The maximum atomic E-state index is 12.4. The quantitative estimate of drug-likeness (QED) is 0.691. The van der Waals surface area contributed by atoms with E-state index in [4.69, 9.17) is 0 Å². The molecule has 0 aromatic rings. The summed E-state index contributed by atoms with van der Waals surface area (Å²) in [4.78, 5) is 10.9. The van der Waals surface area contributed by atoms with Crippen molar-refractivity contribution >= 4 is 5.97 Å². The Kier molecular flexibility index (Phi) is 3.71. The zero-order valence-corrected chi connectivity index (χ0v) is 7.66. The molecule has 1 unspecified atom stereocenters. The van der Waals surface area contributed by atoms with Crippen LogP contribution in [-0.2, 0) is 9.53 Å². The van der Waals surface area contributed by atoms with E-state index in [1.165, 1.54) is 6.92 Å². The summed E-state index contributed by atoms with van der Waals surface area (Å²) in [5, 5.41) is 2.05. The van der Waals surface area contributed by atoms with Crippen LogP contribution in [0.15, 0.2) is 0 Å². The number of hydrogen-bond donors (Lipinski definition) is 1. The monoisotopic (exact) mass is 199 g/mol. The lowest BCUT2D eigenvalue weighted by atomic mass is 10.0. The van der Waals surface area contributed by atoms with E-state index in [1.807, 2.05) is 0 Å². The number of halogens is 3. The molecule has 0 heterocycles. The van der Waals surface area contributed by atoms with E-state index in [0.717, 1.165) is 14.0 Å². The number of rotatable bonds is 3. The smallest absolute Gasteiger partial charge is 0.417 e. The lowest BCUT2D eigenvalue weighted by Crippen LogP contribution is -2.60. The Morgan fingerprint density at radius 1 is 1.46 bits per heavy atom. The maximum Gasteiger partial charge on any atom is 0.417 e. The molecule has 1 atom stereocenters. The highest BCUT2D eigenvalue weighted by atomic mass is 19.4. The number of likely N-dealkylation sites (N-methyl/N-ethyl adjacent to an activating group) is 1. The van der Waals surface area contributed by atoms with Gasteiger partial charge in [-0.3, -0.25) is 5.32 Å². The molecule has 0 aromatic heterocycles. The number of carbonyl (C=O) groups is 1. The van der Waals surface area contributed by atoms with Crippen molar-refractivity contribution in [1.82, 2.24) is 5.32 Å². The standard InChI is InChI=1S/C7H12F3NO2/c1-4-11-6(2,5(12)13-3)7(8,9)10/h11H,4H2,1-3H3. The molecule has 1 N–H and O–H groups in total. The van der Waals surface area contributed by atoms with E-state index in [9.17, 15) is 18.0 Å². The van der Waals surface area contributed by atoms with Crippen molar-refractivity contribution in [2.24, 2.45) is 0 Å². The zero-order chi connectivity index (χ0) is 10.7. The van der Waals surface area contributed by atoms with Crippen LogP contribution in [-0.4, -0.2) is 31.3 Å². The molecular weight excluding hydrogens is 187 g/mol. The third kappa shape index (κ3) is 2.33. The lowest BCUT2D eigenvalue weighted by molar-refractivity contribution is -0.207.